The van der Waals surface area contributed by atoms with Crippen molar-refractivity contribution in [2.24, 2.45) is 5.92 Å². The van der Waals surface area contributed by atoms with E-state index in [2.05, 4.69) is 39.0 Å². The molecule has 1 heteroatoms. The van der Waals surface area contributed by atoms with Crippen LogP contribution in [0, 0.1) is 26.7 Å². The quantitative estimate of drug-likeness (QED) is 0.611. The molecule has 1 saturated carbocycles. The summed E-state index contributed by atoms with van der Waals surface area (Å²) in [5.74, 6) is 1.39. The van der Waals surface area contributed by atoms with Crippen LogP contribution in [0.5, 0.6) is 0 Å². The van der Waals surface area contributed by atoms with Crippen LogP contribution in [0.25, 0.3) is 6.08 Å². The second-order valence-electron chi connectivity index (χ2n) is 6.00. The summed E-state index contributed by atoms with van der Waals surface area (Å²) in [6.07, 6.45) is 9.14. The van der Waals surface area contributed by atoms with E-state index in [-0.39, 0.29) is 0 Å². The van der Waals surface area contributed by atoms with Gasteiger partial charge in [0.15, 0.2) is 0 Å². The molecule has 0 radical (unpaired) electrons. The zero-order valence-electron chi connectivity index (χ0n) is 12.4. The predicted molar refractivity (Wildman–Crippen MR) is 85.9 cm³/mol. The molecule has 1 fully saturated rings. The molecule has 0 spiro atoms. The maximum atomic E-state index is 6.22. The van der Waals surface area contributed by atoms with E-state index < -0.39 is 0 Å². The van der Waals surface area contributed by atoms with Gasteiger partial charge in [0.2, 0.25) is 0 Å². The Morgan fingerprint density at radius 1 is 1.11 bits per heavy atom. The summed E-state index contributed by atoms with van der Waals surface area (Å²) in [7, 11) is 0. The van der Waals surface area contributed by atoms with Crippen LogP contribution in [0.1, 0.15) is 54.4 Å². The second kappa shape index (κ2) is 6.61. The molecule has 0 aromatic heterocycles. The molecule has 0 atom stereocenters. The molecule has 0 N–H and O–H groups in total. The van der Waals surface area contributed by atoms with E-state index in [1.54, 1.807) is 0 Å². The largest absolute Gasteiger partial charge is 0.122 e. The molecule has 19 heavy (non-hydrogen) atoms. The normalized spacial score (nSPS) is 17.8. The fourth-order valence-electron chi connectivity index (χ4n) is 3.34. The smallest absolute Gasteiger partial charge is 0.0439 e. The highest BCUT2D eigenvalue weighted by Crippen LogP contribution is 2.32. The van der Waals surface area contributed by atoms with E-state index in [0.717, 1.165) is 0 Å². The van der Waals surface area contributed by atoms with Gasteiger partial charge in [-0.2, -0.15) is 0 Å². The van der Waals surface area contributed by atoms with Crippen LogP contribution in [0.4, 0.5) is 0 Å². The fraction of sp³-hybridized carbons (Fsp3) is 0.556. The van der Waals surface area contributed by atoms with Crippen molar-refractivity contribution >= 4 is 17.7 Å². The van der Waals surface area contributed by atoms with Gasteiger partial charge in [-0.05, 0) is 56.2 Å². The highest BCUT2D eigenvalue weighted by atomic mass is 35.5. The summed E-state index contributed by atoms with van der Waals surface area (Å²) in [5, 5.41) is 0. The number of aryl methyl sites for hydroxylation is 3. The summed E-state index contributed by atoms with van der Waals surface area (Å²) in [5.41, 5.74) is 6.91. The van der Waals surface area contributed by atoms with Crippen molar-refractivity contribution in [2.45, 2.75) is 52.9 Å². The van der Waals surface area contributed by atoms with E-state index in [1.165, 1.54) is 59.9 Å². The lowest BCUT2D eigenvalue weighted by Crippen LogP contribution is -2.10. The van der Waals surface area contributed by atoms with Gasteiger partial charge in [-0.3, -0.25) is 0 Å². The van der Waals surface area contributed by atoms with Crippen molar-refractivity contribution in [3.05, 3.63) is 40.0 Å². The third-order valence-corrected chi connectivity index (χ3v) is 4.66. The van der Waals surface area contributed by atoms with Gasteiger partial charge in [-0.15, -0.1) is 11.6 Å². The van der Waals surface area contributed by atoms with Crippen molar-refractivity contribution in [1.82, 2.24) is 0 Å². The van der Waals surface area contributed by atoms with Crippen molar-refractivity contribution in [3.8, 4) is 0 Å². The Hall–Kier alpha value is -0.750. The van der Waals surface area contributed by atoms with Gasteiger partial charge in [0, 0.05) is 5.88 Å². The molecule has 1 aromatic rings. The van der Waals surface area contributed by atoms with Crippen LogP contribution in [-0.4, -0.2) is 5.88 Å². The van der Waals surface area contributed by atoms with E-state index in [4.69, 9.17) is 11.6 Å². The number of allylic oxidation sites excluding steroid dienone is 1. The Kier molecular flexibility index (Phi) is 5.10. The van der Waals surface area contributed by atoms with E-state index in [1.807, 2.05) is 0 Å². The summed E-state index contributed by atoms with van der Waals surface area (Å²) >= 11 is 6.22. The molecule has 104 valence electrons. The Labute approximate surface area is 122 Å². The van der Waals surface area contributed by atoms with Crippen molar-refractivity contribution in [1.29, 1.82) is 0 Å². The second-order valence-corrected chi connectivity index (χ2v) is 6.27. The summed E-state index contributed by atoms with van der Waals surface area (Å²) in [4.78, 5) is 0. The lowest BCUT2D eigenvalue weighted by atomic mass is 9.83. The SMILES string of the molecule is Cc1cc(C)c(C=C(CCl)C2CCCCC2)c(C)c1. The first-order chi connectivity index (χ1) is 9.11. The van der Waals surface area contributed by atoms with E-state index in [9.17, 15) is 0 Å². The zero-order chi connectivity index (χ0) is 13.8. The minimum Gasteiger partial charge on any atom is -0.122 e. The average molecular weight is 277 g/mol. The van der Waals surface area contributed by atoms with Gasteiger partial charge in [-0.1, -0.05) is 48.6 Å². The minimum atomic E-state index is 0.678. The van der Waals surface area contributed by atoms with Crippen LogP contribution in [-0.2, 0) is 0 Å². The van der Waals surface area contributed by atoms with Crippen molar-refractivity contribution in [2.75, 3.05) is 5.88 Å². The molecule has 0 nitrogen and oxygen atoms in total. The van der Waals surface area contributed by atoms with Gasteiger partial charge in [0.05, 0.1) is 0 Å². The molecule has 0 heterocycles. The van der Waals surface area contributed by atoms with Crippen LogP contribution in [0.2, 0.25) is 0 Å². The molecule has 0 aliphatic heterocycles. The standard InChI is InChI=1S/C18H25Cl/c1-13-9-14(2)18(15(3)10-13)11-17(12-19)16-7-5-4-6-8-16/h9-11,16H,4-8,12H2,1-3H3. The Morgan fingerprint density at radius 3 is 2.21 bits per heavy atom. The van der Waals surface area contributed by atoms with E-state index in [0.29, 0.717) is 11.8 Å². The third kappa shape index (κ3) is 3.63. The Morgan fingerprint density at radius 2 is 1.68 bits per heavy atom. The van der Waals surface area contributed by atoms with Crippen molar-refractivity contribution in [3.63, 3.8) is 0 Å². The van der Waals surface area contributed by atoms with Crippen LogP contribution >= 0.6 is 11.6 Å². The number of halogens is 1. The molecule has 0 bridgehead atoms. The maximum absolute atomic E-state index is 6.22. The first-order valence-corrected chi connectivity index (χ1v) is 7.99. The van der Waals surface area contributed by atoms with Crippen LogP contribution in [0.3, 0.4) is 0 Å². The van der Waals surface area contributed by atoms with Crippen LogP contribution < -0.4 is 0 Å². The molecular formula is C18H25Cl. The number of hydrogen-bond donors (Lipinski definition) is 0. The maximum Gasteiger partial charge on any atom is 0.0439 e. The fourth-order valence-corrected chi connectivity index (χ4v) is 3.64. The number of alkyl halides is 1. The Bertz CT molecular complexity index is 442. The molecule has 0 unspecified atom stereocenters. The first-order valence-electron chi connectivity index (χ1n) is 7.46. The predicted octanol–water partition coefficient (Wildman–Crippen LogP) is 5.81. The third-order valence-electron chi connectivity index (χ3n) is 4.35. The summed E-state index contributed by atoms with van der Waals surface area (Å²) in [6.45, 7) is 6.58. The van der Waals surface area contributed by atoms with E-state index >= 15 is 0 Å². The highest BCUT2D eigenvalue weighted by Gasteiger charge is 2.17. The molecule has 1 aliphatic rings. The lowest BCUT2D eigenvalue weighted by Gasteiger charge is -2.24. The Balaban J connectivity index is 2.31. The molecule has 2 rings (SSSR count). The van der Waals surface area contributed by atoms with Gasteiger partial charge in [-0.25, -0.2) is 0 Å². The van der Waals surface area contributed by atoms with Gasteiger partial charge < -0.3 is 0 Å². The van der Waals surface area contributed by atoms with Crippen LogP contribution in [0.15, 0.2) is 17.7 Å². The molecule has 1 aliphatic carbocycles. The molecular weight excluding hydrogens is 252 g/mol. The topological polar surface area (TPSA) is 0 Å². The molecule has 0 saturated heterocycles. The summed E-state index contributed by atoms with van der Waals surface area (Å²) < 4.78 is 0. The molecule has 0 amide bonds. The number of benzene rings is 1. The molecule has 1 aromatic carbocycles. The average Bonchev–Trinajstić information content (AvgIpc) is 2.39. The lowest BCUT2D eigenvalue weighted by molar-refractivity contribution is 0.405. The van der Waals surface area contributed by atoms with Gasteiger partial charge >= 0.3 is 0 Å². The zero-order valence-corrected chi connectivity index (χ0v) is 13.2. The highest BCUT2D eigenvalue weighted by molar-refractivity contribution is 6.19. The monoisotopic (exact) mass is 276 g/mol. The first kappa shape index (κ1) is 14.7. The number of hydrogen-bond acceptors (Lipinski definition) is 0. The van der Waals surface area contributed by atoms with Gasteiger partial charge in [0.25, 0.3) is 0 Å². The minimum absolute atomic E-state index is 0.678. The van der Waals surface area contributed by atoms with Gasteiger partial charge in [0.1, 0.15) is 0 Å². The number of rotatable bonds is 3. The van der Waals surface area contributed by atoms with Crippen molar-refractivity contribution < 1.29 is 0 Å². The summed E-state index contributed by atoms with van der Waals surface area (Å²) in [6, 6.07) is 4.54.